The fraction of sp³-hybridized carbons (Fsp3) is 0.214. The molecule has 1 aromatic carbocycles. The predicted octanol–water partition coefficient (Wildman–Crippen LogP) is 1.73. The lowest BCUT2D eigenvalue weighted by Crippen LogP contribution is -2.22. The molecule has 110 valence electrons. The number of rotatable bonds is 4. The monoisotopic (exact) mass is 287 g/mol. The van der Waals surface area contributed by atoms with E-state index in [4.69, 9.17) is 5.73 Å². The molecule has 0 fully saturated rings. The summed E-state index contributed by atoms with van der Waals surface area (Å²) in [6.07, 6.45) is 2.45. The molecule has 3 amide bonds. The first-order valence-electron chi connectivity index (χ1n) is 6.50. The minimum atomic E-state index is -0.696. The minimum absolute atomic E-state index is 0.0222. The van der Waals surface area contributed by atoms with Crippen LogP contribution in [0.2, 0.25) is 0 Å². The van der Waals surface area contributed by atoms with Crippen LogP contribution in [0.5, 0.6) is 0 Å². The highest BCUT2D eigenvalue weighted by Crippen LogP contribution is 2.14. The van der Waals surface area contributed by atoms with Crippen molar-refractivity contribution in [3.8, 4) is 0 Å². The van der Waals surface area contributed by atoms with Crippen LogP contribution in [0.4, 0.5) is 16.2 Å². The first-order chi connectivity index (χ1) is 9.99. The second-order valence-corrected chi connectivity index (χ2v) is 4.56. The molecule has 7 nitrogen and oxygen atoms in total. The maximum atomic E-state index is 11.9. The summed E-state index contributed by atoms with van der Waals surface area (Å²) in [5, 5.41) is 9.13. The second kappa shape index (κ2) is 6.08. The zero-order chi connectivity index (χ0) is 15.4. The Balaban J connectivity index is 2.06. The van der Waals surface area contributed by atoms with Gasteiger partial charge in [0.1, 0.15) is 0 Å². The largest absolute Gasteiger partial charge is 0.364 e. The Labute approximate surface area is 122 Å². The molecule has 2 rings (SSSR count). The number of aromatic nitrogens is 2. The third-order valence-electron chi connectivity index (χ3n) is 2.93. The number of anilines is 2. The van der Waals surface area contributed by atoms with Gasteiger partial charge in [-0.15, -0.1) is 0 Å². The highest BCUT2D eigenvalue weighted by Gasteiger charge is 2.15. The smallest absolute Gasteiger partial charge is 0.323 e. The molecule has 21 heavy (non-hydrogen) atoms. The number of hydrogen-bond donors (Lipinski definition) is 3. The molecule has 0 radical (unpaired) electrons. The van der Waals surface area contributed by atoms with Crippen molar-refractivity contribution in [2.24, 2.45) is 12.8 Å². The highest BCUT2D eigenvalue weighted by atomic mass is 16.2. The lowest BCUT2D eigenvalue weighted by atomic mass is 10.1. The number of nitrogens with two attached hydrogens (primary N) is 1. The van der Waals surface area contributed by atoms with E-state index < -0.39 is 11.9 Å². The number of urea groups is 1. The summed E-state index contributed by atoms with van der Waals surface area (Å²) in [6, 6.07) is 7.05. The molecule has 0 saturated heterocycles. The number of hydrogen-bond acceptors (Lipinski definition) is 3. The maximum Gasteiger partial charge on any atom is 0.323 e. The fourth-order valence-electron chi connectivity index (χ4n) is 1.87. The lowest BCUT2D eigenvalue weighted by Gasteiger charge is -2.07. The van der Waals surface area contributed by atoms with Gasteiger partial charge in [-0.2, -0.15) is 5.10 Å². The van der Waals surface area contributed by atoms with Crippen LogP contribution >= 0.6 is 0 Å². The minimum Gasteiger partial charge on any atom is -0.364 e. The SMILES string of the molecule is CCc1ccc(NC(=O)Nc2cn(C)nc2C(N)=O)cc1. The molecule has 2 aromatic rings. The van der Waals surface area contributed by atoms with Crippen LogP contribution in [0, 0.1) is 0 Å². The molecule has 0 aliphatic carbocycles. The van der Waals surface area contributed by atoms with Crippen molar-refractivity contribution in [3.05, 3.63) is 41.7 Å². The third kappa shape index (κ3) is 3.59. The van der Waals surface area contributed by atoms with Gasteiger partial charge < -0.3 is 16.4 Å². The third-order valence-corrected chi connectivity index (χ3v) is 2.93. The topological polar surface area (TPSA) is 102 Å². The average Bonchev–Trinajstić information content (AvgIpc) is 2.80. The van der Waals surface area contributed by atoms with Crippen molar-refractivity contribution in [1.29, 1.82) is 0 Å². The Hall–Kier alpha value is -2.83. The summed E-state index contributed by atoms with van der Waals surface area (Å²) in [5.74, 6) is -0.696. The van der Waals surface area contributed by atoms with Crippen LogP contribution in [0.3, 0.4) is 0 Å². The van der Waals surface area contributed by atoms with Crippen LogP contribution in [-0.2, 0) is 13.5 Å². The van der Waals surface area contributed by atoms with Gasteiger partial charge in [-0.25, -0.2) is 4.79 Å². The van der Waals surface area contributed by atoms with Gasteiger partial charge in [-0.1, -0.05) is 19.1 Å². The number of amides is 3. The molecule has 0 saturated carbocycles. The van der Waals surface area contributed by atoms with Crippen molar-refractivity contribution < 1.29 is 9.59 Å². The molecule has 0 atom stereocenters. The van der Waals surface area contributed by atoms with Gasteiger partial charge in [0.2, 0.25) is 0 Å². The first-order valence-corrected chi connectivity index (χ1v) is 6.50. The van der Waals surface area contributed by atoms with Gasteiger partial charge in [0, 0.05) is 18.9 Å². The van der Waals surface area contributed by atoms with E-state index in [1.165, 1.54) is 16.4 Å². The summed E-state index contributed by atoms with van der Waals surface area (Å²) < 4.78 is 1.41. The summed E-state index contributed by atoms with van der Waals surface area (Å²) in [7, 11) is 1.64. The number of aryl methyl sites for hydroxylation is 2. The molecule has 0 aliphatic heterocycles. The van der Waals surface area contributed by atoms with Gasteiger partial charge in [0.05, 0.1) is 5.69 Å². The molecule has 0 aliphatic rings. The molecule has 0 bridgehead atoms. The van der Waals surface area contributed by atoms with E-state index in [1.807, 2.05) is 24.3 Å². The highest BCUT2D eigenvalue weighted by molar-refractivity contribution is 6.05. The standard InChI is InChI=1S/C14H17N5O2/c1-3-9-4-6-10(7-5-9)16-14(21)17-11-8-19(2)18-12(11)13(15)20/h4-8H,3H2,1-2H3,(H2,15,20)(H2,16,17,21). The molecule has 1 heterocycles. The summed E-state index contributed by atoms with van der Waals surface area (Å²) in [4.78, 5) is 23.1. The van der Waals surface area contributed by atoms with E-state index in [0.717, 1.165) is 6.42 Å². The fourth-order valence-corrected chi connectivity index (χ4v) is 1.87. The van der Waals surface area contributed by atoms with Crippen molar-refractivity contribution >= 4 is 23.3 Å². The lowest BCUT2D eigenvalue weighted by molar-refractivity contribution is 0.0995. The molecule has 7 heteroatoms. The second-order valence-electron chi connectivity index (χ2n) is 4.56. The number of primary amides is 1. The molecule has 0 unspecified atom stereocenters. The molecule has 4 N–H and O–H groups in total. The maximum absolute atomic E-state index is 11.9. The zero-order valence-electron chi connectivity index (χ0n) is 11.9. The molecule has 1 aromatic heterocycles. The molecular weight excluding hydrogens is 270 g/mol. The quantitative estimate of drug-likeness (QED) is 0.797. The van der Waals surface area contributed by atoms with Crippen LogP contribution in [-0.4, -0.2) is 21.7 Å². The Morgan fingerprint density at radius 2 is 1.90 bits per heavy atom. The van der Waals surface area contributed by atoms with Gasteiger partial charge >= 0.3 is 6.03 Å². The van der Waals surface area contributed by atoms with E-state index in [1.54, 1.807) is 7.05 Å². The average molecular weight is 287 g/mol. The Kier molecular flexibility index (Phi) is 4.22. The first kappa shape index (κ1) is 14.6. The summed E-state index contributed by atoms with van der Waals surface area (Å²) in [6.45, 7) is 2.06. The van der Waals surface area contributed by atoms with E-state index >= 15 is 0 Å². The number of carbonyl (C=O) groups is 2. The van der Waals surface area contributed by atoms with Crippen molar-refractivity contribution in [2.75, 3.05) is 10.6 Å². The summed E-state index contributed by atoms with van der Waals surface area (Å²) >= 11 is 0. The van der Waals surface area contributed by atoms with Gasteiger partial charge in [0.15, 0.2) is 5.69 Å². The normalized spacial score (nSPS) is 10.2. The van der Waals surface area contributed by atoms with Crippen LogP contribution in [0.15, 0.2) is 30.5 Å². The zero-order valence-corrected chi connectivity index (χ0v) is 11.9. The van der Waals surface area contributed by atoms with E-state index in [2.05, 4.69) is 22.7 Å². The Bertz CT molecular complexity index is 661. The molecule has 0 spiro atoms. The predicted molar refractivity (Wildman–Crippen MR) is 80.2 cm³/mol. The van der Waals surface area contributed by atoms with Crippen LogP contribution in [0.1, 0.15) is 23.0 Å². The van der Waals surface area contributed by atoms with Gasteiger partial charge in [-0.05, 0) is 24.1 Å². The number of nitrogens with one attached hydrogen (secondary N) is 2. The number of benzene rings is 1. The Morgan fingerprint density at radius 1 is 1.24 bits per heavy atom. The van der Waals surface area contributed by atoms with E-state index in [-0.39, 0.29) is 11.4 Å². The van der Waals surface area contributed by atoms with Crippen molar-refractivity contribution in [1.82, 2.24) is 9.78 Å². The molecular formula is C14H17N5O2. The van der Waals surface area contributed by atoms with Crippen LogP contribution < -0.4 is 16.4 Å². The van der Waals surface area contributed by atoms with Gasteiger partial charge in [0.25, 0.3) is 5.91 Å². The van der Waals surface area contributed by atoms with Crippen LogP contribution in [0.25, 0.3) is 0 Å². The number of nitrogens with zero attached hydrogens (tertiary/aromatic N) is 2. The van der Waals surface area contributed by atoms with E-state index in [0.29, 0.717) is 5.69 Å². The van der Waals surface area contributed by atoms with Crippen molar-refractivity contribution in [3.63, 3.8) is 0 Å². The summed E-state index contributed by atoms with van der Waals surface area (Å²) in [5.41, 5.74) is 7.34. The van der Waals surface area contributed by atoms with E-state index in [9.17, 15) is 9.59 Å². The van der Waals surface area contributed by atoms with Gasteiger partial charge in [-0.3, -0.25) is 9.48 Å². The number of carbonyl (C=O) groups excluding carboxylic acids is 2. The Morgan fingerprint density at radius 3 is 2.48 bits per heavy atom. The van der Waals surface area contributed by atoms with Crippen molar-refractivity contribution in [2.45, 2.75) is 13.3 Å².